The molecule has 0 aromatic heterocycles. The van der Waals surface area contributed by atoms with Crippen LogP contribution in [0.5, 0.6) is 0 Å². The summed E-state index contributed by atoms with van der Waals surface area (Å²) in [5, 5.41) is 36.5. The van der Waals surface area contributed by atoms with Crippen LogP contribution in [0.3, 0.4) is 0 Å². The Bertz CT molecular complexity index is 209. The first-order valence-corrected chi connectivity index (χ1v) is 4.05. The Morgan fingerprint density at radius 1 is 1.23 bits per heavy atom. The highest BCUT2D eigenvalue weighted by Crippen LogP contribution is 2.24. The quantitative estimate of drug-likeness (QED) is 0.299. The standard InChI is InChI=1S/C7H13NO5/c8-4-3(9)1-2(7(12)13)5(10)6(4)11/h2-6,9-11H,1,8H2,(H,12,13)/p+1/t2-,3+,4+,5+,6+/m1/s1. The molecule has 0 aromatic rings. The van der Waals surface area contributed by atoms with E-state index in [9.17, 15) is 20.1 Å². The molecule has 76 valence electrons. The van der Waals surface area contributed by atoms with Gasteiger partial charge in [0.15, 0.2) is 0 Å². The first kappa shape index (κ1) is 10.4. The Balaban J connectivity index is 2.76. The lowest BCUT2D eigenvalue weighted by atomic mass is 9.80. The Labute approximate surface area is 74.6 Å². The molecule has 0 amide bonds. The van der Waals surface area contributed by atoms with Crippen LogP contribution < -0.4 is 5.73 Å². The van der Waals surface area contributed by atoms with Gasteiger partial charge in [0.25, 0.3) is 0 Å². The van der Waals surface area contributed by atoms with Gasteiger partial charge in [-0.2, -0.15) is 0 Å². The van der Waals surface area contributed by atoms with Crippen LogP contribution in [0.4, 0.5) is 0 Å². The zero-order valence-corrected chi connectivity index (χ0v) is 7.00. The van der Waals surface area contributed by atoms with Crippen molar-refractivity contribution in [3.63, 3.8) is 0 Å². The molecule has 0 saturated heterocycles. The molecular formula is C7H14NO5+. The number of aliphatic hydroxyl groups excluding tert-OH is 3. The third-order valence-corrected chi connectivity index (χ3v) is 2.51. The third kappa shape index (κ3) is 1.80. The number of quaternary nitrogens is 1. The van der Waals surface area contributed by atoms with Crippen LogP contribution in [-0.2, 0) is 4.79 Å². The van der Waals surface area contributed by atoms with Gasteiger partial charge in [0, 0.05) is 0 Å². The van der Waals surface area contributed by atoms with Gasteiger partial charge in [-0.3, -0.25) is 4.79 Å². The van der Waals surface area contributed by atoms with Crippen LogP contribution in [0.15, 0.2) is 0 Å². The number of carbonyl (C=O) groups is 1. The summed E-state index contributed by atoms with van der Waals surface area (Å²) in [6, 6.07) is -0.731. The molecule has 0 aliphatic heterocycles. The zero-order chi connectivity index (χ0) is 10.2. The van der Waals surface area contributed by atoms with E-state index in [2.05, 4.69) is 5.73 Å². The maximum atomic E-state index is 10.6. The highest BCUT2D eigenvalue weighted by molar-refractivity contribution is 5.71. The van der Waals surface area contributed by atoms with Gasteiger partial charge < -0.3 is 26.2 Å². The molecule has 13 heavy (non-hydrogen) atoms. The highest BCUT2D eigenvalue weighted by Gasteiger charge is 2.46. The number of rotatable bonds is 1. The van der Waals surface area contributed by atoms with Gasteiger partial charge >= 0.3 is 5.97 Å². The summed E-state index contributed by atoms with van der Waals surface area (Å²) in [7, 11) is 0. The van der Waals surface area contributed by atoms with Crippen LogP contribution in [0.1, 0.15) is 6.42 Å². The number of aliphatic hydroxyl groups is 3. The van der Waals surface area contributed by atoms with Crippen molar-refractivity contribution in [3.05, 3.63) is 0 Å². The molecule has 0 unspecified atom stereocenters. The molecule has 1 aliphatic rings. The molecule has 1 aliphatic carbocycles. The molecule has 1 rings (SSSR count). The van der Waals surface area contributed by atoms with E-state index in [-0.39, 0.29) is 6.42 Å². The van der Waals surface area contributed by atoms with Gasteiger partial charge in [-0.1, -0.05) is 0 Å². The van der Waals surface area contributed by atoms with Gasteiger partial charge in [-0.15, -0.1) is 0 Å². The van der Waals surface area contributed by atoms with E-state index in [4.69, 9.17) is 5.11 Å². The van der Waals surface area contributed by atoms with E-state index in [0.29, 0.717) is 0 Å². The fraction of sp³-hybridized carbons (Fsp3) is 0.857. The lowest BCUT2D eigenvalue weighted by molar-refractivity contribution is -0.466. The monoisotopic (exact) mass is 192 g/mol. The predicted octanol–water partition coefficient (Wildman–Crippen LogP) is -3.22. The second-order valence-electron chi connectivity index (χ2n) is 3.39. The number of hydrogen-bond donors (Lipinski definition) is 5. The topological polar surface area (TPSA) is 126 Å². The largest absolute Gasteiger partial charge is 0.481 e. The molecule has 1 fully saturated rings. The minimum atomic E-state index is -1.34. The highest BCUT2D eigenvalue weighted by atomic mass is 16.4. The Kier molecular flexibility index (Phi) is 2.87. The average Bonchev–Trinajstić information content (AvgIpc) is 2.07. The lowest BCUT2D eigenvalue weighted by Crippen LogP contribution is -2.76. The van der Waals surface area contributed by atoms with Crippen molar-refractivity contribution < 1.29 is 31.0 Å². The van der Waals surface area contributed by atoms with Crippen LogP contribution in [0.2, 0.25) is 0 Å². The SMILES string of the molecule is [NH3+][C@@H]1[C@H](O)[C@@H](O)[C@H](C(=O)O)C[C@@H]1O. The van der Waals surface area contributed by atoms with Crippen LogP contribution in [-0.4, -0.2) is 50.7 Å². The van der Waals surface area contributed by atoms with Crippen molar-refractivity contribution in [3.8, 4) is 0 Å². The van der Waals surface area contributed by atoms with Gasteiger partial charge in [0.1, 0.15) is 18.2 Å². The van der Waals surface area contributed by atoms with Gasteiger partial charge in [0.2, 0.25) is 0 Å². The van der Waals surface area contributed by atoms with Crippen molar-refractivity contribution in [1.29, 1.82) is 0 Å². The fourth-order valence-electron chi connectivity index (χ4n) is 1.54. The number of carboxylic acids is 1. The molecule has 0 spiro atoms. The Hall–Kier alpha value is -0.690. The lowest BCUT2D eigenvalue weighted by Gasteiger charge is -2.34. The third-order valence-electron chi connectivity index (χ3n) is 2.51. The summed E-state index contributed by atoms with van der Waals surface area (Å²) in [6.07, 6.45) is -3.66. The molecule has 7 N–H and O–H groups in total. The van der Waals surface area contributed by atoms with Crippen molar-refractivity contribution in [1.82, 2.24) is 0 Å². The molecular weight excluding hydrogens is 178 g/mol. The molecule has 5 atom stereocenters. The van der Waals surface area contributed by atoms with Crippen LogP contribution in [0.25, 0.3) is 0 Å². The summed E-state index contributed by atoms with van der Waals surface area (Å²) in [6.45, 7) is 0. The van der Waals surface area contributed by atoms with Crippen molar-refractivity contribution >= 4 is 5.97 Å². The van der Waals surface area contributed by atoms with Crippen LogP contribution in [0, 0.1) is 5.92 Å². The van der Waals surface area contributed by atoms with E-state index < -0.39 is 36.2 Å². The molecule has 0 heterocycles. The molecule has 0 bridgehead atoms. The van der Waals surface area contributed by atoms with Gasteiger partial charge in [-0.25, -0.2) is 0 Å². The van der Waals surface area contributed by atoms with E-state index in [1.165, 1.54) is 0 Å². The molecule has 0 aromatic carbocycles. The first-order valence-electron chi connectivity index (χ1n) is 4.05. The van der Waals surface area contributed by atoms with Gasteiger partial charge in [-0.05, 0) is 6.42 Å². The second kappa shape index (κ2) is 3.59. The number of carboxylic acid groups (broad SMARTS) is 1. The maximum absolute atomic E-state index is 10.6. The van der Waals surface area contributed by atoms with E-state index in [1.807, 2.05) is 0 Å². The van der Waals surface area contributed by atoms with E-state index in [0.717, 1.165) is 0 Å². The number of hydrogen-bond acceptors (Lipinski definition) is 4. The molecule has 0 radical (unpaired) electrons. The second-order valence-corrected chi connectivity index (χ2v) is 3.39. The zero-order valence-electron chi connectivity index (χ0n) is 7.00. The van der Waals surface area contributed by atoms with Crippen molar-refractivity contribution in [2.24, 2.45) is 5.92 Å². The summed E-state index contributed by atoms with van der Waals surface area (Å²) in [5.74, 6) is -2.32. The molecule has 1 saturated carbocycles. The fourth-order valence-corrected chi connectivity index (χ4v) is 1.54. The molecule has 6 nitrogen and oxygen atoms in total. The van der Waals surface area contributed by atoms with Crippen LogP contribution >= 0.6 is 0 Å². The summed E-state index contributed by atoms with van der Waals surface area (Å²) in [5.41, 5.74) is 3.45. The Morgan fingerprint density at radius 3 is 2.23 bits per heavy atom. The predicted molar refractivity (Wildman–Crippen MR) is 40.4 cm³/mol. The smallest absolute Gasteiger partial charge is 0.309 e. The summed E-state index contributed by atoms with van der Waals surface area (Å²) >= 11 is 0. The first-order chi connectivity index (χ1) is 5.95. The van der Waals surface area contributed by atoms with Gasteiger partial charge in [0.05, 0.1) is 12.0 Å². The normalized spacial score (nSPS) is 46.0. The van der Waals surface area contributed by atoms with Crippen molar-refractivity contribution in [2.45, 2.75) is 30.8 Å². The Morgan fingerprint density at radius 2 is 1.77 bits per heavy atom. The minimum absolute atomic E-state index is 0.0677. The van der Waals surface area contributed by atoms with Crippen molar-refractivity contribution in [2.75, 3.05) is 0 Å². The average molecular weight is 192 g/mol. The van der Waals surface area contributed by atoms with E-state index in [1.54, 1.807) is 0 Å². The minimum Gasteiger partial charge on any atom is -0.481 e. The summed E-state index contributed by atoms with van der Waals surface area (Å²) in [4.78, 5) is 10.6. The summed E-state index contributed by atoms with van der Waals surface area (Å²) < 4.78 is 0. The maximum Gasteiger partial charge on any atom is 0.309 e. The number of aliphatic carboxylic acids is 1. The molecule has 6 heteroatoms. The van der Waals surface area contributed by atoms with E-state index >= 15 is 0 Å².